The Balaban J connectivity index is 1.59. The van der Waals surface area contributed by atoms with Crippen molar-refractivity contribution in [2.75, 3.05) is 20.2 Å². The Morgan fingerprint density at radius 2 is 2.29 bits per heavy atom. The molecule has 1 aliphatic rings. The lowest BCUT2D eigenvalue weighted by molar-refractivity contribution is 0.0714. The van der Waals surface area contributed by atoms with Crippen LogP contribution in [0.5, 0.6) is 0 Å². The molecule has 3 heterocycles. The summed E-state index contributed by atoms with van der Waals surface area (Å²) in [5.41, 5.74) is 2.75. The zero-order valence-electron chi connectivity index (χ0n) is 13.4. The van der Waals surface area contributed by atoms with Crippen LogP contribution in [-0.2, 0) is 4.74 Å². The second-order valence-corrected chi connectivity index (χ2v) is 5.90. The molecule has 0 saturated carbocycles. The topological polar surface area (TPSA) is 97.1 Å². The molecule has 3 aromatic rings. The van der Waals surface area contributed by atoms with Crippen molar-refractivity contribution in [2.45, 2.75) is 18.9 Å². The summed E-state index contributed by atoms with van der Waals surface area (Å²) in [6, 6.07) is 5.32. The molecule has 124 valence electrons. The number of fused-ring (bicyclic) bond motifs is 1. The molecule has 0 bridgehead atoms. The van der Waals surface area contributed by atoms with E-state index in [0.717, 1.165) is 11.2 Å². The van der Waals surface area contributed by atoms with E-state index in [1.54, 1.807) is 43.3 Å². The lowest BCUT2D eigenvalue weighted by Crippen LogP contribution is -2.29. The van der Waals surface area contributed by atoms with Gasteiger partial charge in [-0.25, -0.2) is 4.98 Å². The van der Waals surface area contributed by atoms with Gasteiger partial charge in [-0.2, -0.15) is 15.4 Å². The number of methoxy groups -OCH3 is 1. The Hall–Kier alpha value is -2.74. The minimum Gasteiger partial charge on any atom is -0.441 e. The Bertz CT molecular complexity index is 873. The molecule has 1 aliphatic heterocycles. The third-order valence-corrected chi connectivity index (χ3v) is 4.41. The molecule has 0 radical (unpaired) electrons. The third kappa shape index (κ3) is 2.44. The maximum atomic E-state index is 12.8. The highest BCUT2D eigenvalue weighted by Gasteiger charge is 2.38. The number of aromatic amines is 1. The zero-order chi connectivity index (χ0) is 16.7. The van der Waals surface area contributed by atoms with E-state index < -0.39 is 0 Å². The van der Waals surface area contributed by atoms with Gasteiger partial charge in [-0.1, -0.05) is 0 Å². The van der Waals surface area contributed by atoms with Crippen LogP contribution >= 0.6 is 0 Å². The Kier molecular flexibility index (Phi) is 3.53. The number of benzene rings is 1. The van der Waals surface area contributed by atoms with Crippen LogP contribution in [0.15, 0.2) is 28.8 Å². The number of hydrogen-bond donors (Lipinski definition) is 1. The van der Waals surface area contributed by atoms with E-state index in [1.165, 1.54) is 0 Å². The van der Waals surface area contributed by atoms with Gasteiger partial charge in [0.25, 0.3) is 5.91 Å². The maximum absolute atomic E-state index is 12.8. The van der Waals surface area contributed by atoms with Gasteiger partial charge < -0.3 is 14.1 Å². The molecule has 4 rings (SSSR count). The van der Waals surface area contributed by atoms with E-state index in [2.05, 4.69) is 20.4 Å². The fraction of sp³-hybridized carbons (Fsp3) is 0.375. The van der Waals surface area contributed by atoms with Crippen LogP contribution < -0.4 is 0 Å². The van der Waals surface area contributed by atoms with Crippen molar-refractivity contribution in [1.29, 1.82) is 0 Å². The Labute approximate surface area is 137 Å². The summed E-state index contributed by atoms with van der Waals surface area (Å²) in [7, 11) is 1.65. The SMILES string of the molecule is CO[C@@H]1CN(C(=O)c2ccc3nc(C)oc3c2)C[C@H]1c1cn[nH]n1. The predicted molar refractivity (Wildman–Crippen MR) is 84.6 cm³/mol. The summed E-state index contributed by atoms with van der Waals surface area (Å²) in [5.74, 6) is 0.536. The first-order chi connectivity index (χ1) is 11.7. The van der Waals surface area contributed by atoms with Gasteiger partial charge in [-0.15, -0.1) is 0 Å². The van der Waals surface area contributed by atoms with Gasteiger partial charge in [0.15, 0.2) is 11.5 Å². The van der Waals surface area contributed by atoms with E-state index in [1.807, 2.05) is 0 Å². The Morgan fingerprint density at radius 3 is 3.04 bits per heavy atom. The largest absolute Gasteiger partial charge is 0.441 e. The second-order valence-electron chi connectivity index (χ2n) is 5.90. The number of ether oxygens (including phenoxy) is 1. The predicted octanol–water partition coefficient (Wildman–Crippen LogP) is 1.51. The summed E-state index contributed by atoms with van der Waals surface area (Å²) in [6.45, 7) is 2.84. The molecule has 24 heavy (non-hydrogen) atoms. The lowest BCUT2D eigenvalue weighted by atomic mass is 10.0. The van der Waals surface area contributed by atoms with Crippen LogP contribution in [0.4, 0.5) is 0 Å². The van der Waals surface area contributed by atoms with Gasteiger partial charge in [0, 0.05) is 32.7 Å². The number of carbonyl (C=O) groups is 1. The van der Waals surface area contributed by atoms with E-state index in [4.69, 9.17) is 9.15 Å². The fourth-order valence-electron chi connectivity index (χ4n) is 3.21. The first-order valence-electron chi connectivity index (χ1n) is 7.70. The number of amides is 1. The molecule has 0 spiro atoms. The number of hydrogen-bond acceptors (Lipinski definition) is 6. The summed E-state index contributed by atoms with van der Waals surface area (Å²) in [5, 5.41) is 10.6. The van der Waals surface area contributed by atoms with Gasteiger partial charge in [0.1, 0.15) is 5.52 Å². The van der Waals surface area contributed by atoms with Crippen molar-refractivity contribution in [3.05, 3.63) is 41.5 Å². The molecule has 8 nitrogen and oxygen atoms in total. The van der Waals surface area contributed by atoms with E-state index in [-0.39, 0.29) is 17.9 Å². The number of H-pyrrole nitrogens is 1. The average molecular weight is 327 g/mol. The lowest BCUT2D eigenvalue weighted by Gasteiger charge is -2.15. The van der Waals surface area contributed by atoms with Crippen LogP contribution in [0.25, 0.3) is 11.1 Å². The first-order valence-corrected chi connectivity index (χ1v) is 7.70. The molecule has 1 saturated heterocycles. The molecule has 1 aromatic carbocycles. The maximum Gasteiger partial charge on any atom is 0.254 e. The smallest absolute Gasteiger partial charge is 0.254 e. The quantitative estimate of drug-likeness (QED) is 0.783. The molecular formula is C16H17N5O3. The summed E-state index contributed by atoms with van der Waals surface area (Å²) in [6.07, 6.45) is 1.57. The minimum atomic E-state index is -0.102. The highest BCUT2D eigenvalue weighted by atomic mass is 16.5. The molecule has 1 N–H and O–H groups in total. The number of oxazole rings is 1. The van der Waals surface area contributed by atoms with Gasteiger partial charge in [0.05, 0.1) is 23.9 Å². The van der Waals surface area contributed by atoms with Gasteiger partial charge in [0.2, 0.25) is 0 Å². The van der Waals surface area contributed by atoms with E-state index in [9.17, 15) is 4.79 Å². The van der Waals surface area contributed by atoms with Crippen molar-refractivity contribution in [1.82, 2.24) is 25.3 Å². The number of aromatic nitrogens is 4. The van der Waals surface area contributed by atoms with Crippen molar-refractivity contribution in [3.8, 4) is 0 Å². The van der Waals surface area contributed by atoms with Crippen molar-refractivity contribution < 1.29 is 13.9 Å². The number of aryl methyl sites for hydroxylation is 1. The standard InChI is InChI=1S/C16H17N5O3/c1-9-18-12-4-3-10(5-14(12)24-9)16(22)21-7-11(15(8-21)23-2)13-6-17-20-19-13/h3-6,11,15H,7-8H2,1-2H3,(H,17,19,20)/t11-,15+/m0/s1. The van der Waals surface area contributed by atoms with Crippen LogP contribution in [-0.4, -0.2) is 57.5 Å². The van der Waals surface area contributed by atoms with E-state index in [0.29, 0.717) is 30.1 Å². The van der Waals surface area contributed by atoms with Gasteiger partial charge >= 0.3 is 0 Å². The second kappa shape index (κ2) is 5.72. The molecule has 1 fully saturated rings. The summed E-state index contributed by atoms with van der Waals surface area (Å²) in [4.78, 5) is 18.9. The van der Waals surface area contributed by atoms with Crippen LogP contribution in [0.2, 0.25) is 0 Å². The molecule has 2 atom stereocenters. The highest BCUT2D eigenvalue weighted by Crippen LogP contribution is 2.29. The van der Waals surface area contributed by atoms with Gasteiger partial charge in [-0.3, -0.25) is 4.79 Å². The molecule has 1 amide bonds. The average Bonchev–Trinajstić information content (AvgIpc) is 3.30. The number of carbonyl (C=O) groups excluding carboxylic acids is 1. The number of nitrogens with zero attached hydrogens (tertiary/aromatic N) is 4. The monoisotopic (exact) mass is 327 g/mol. The normalized spacial score (nSPS) is 20.8. The minimum absolute atomic E-state index is 0.00829. The number of nitrogens with one attached hydrogen (secondary N) is 1. The molecule has 2 aromatic heterocycles. The zero-order valence-corrected chi connectivity index (χ0v) is 13.4. The molecular weight excluding hydrogens is 310 g/mol. The van der Waals surface area contributed by atoms with E-state index >= 15 is 0 Å². The summed E-state index contributed by atoms with van der Waals surface area (Å²) < 4.78 is 11.0. The number of likely N-dealkylation sites (tertiary alicyclic amines) is 1. The highest BCUT2D eigenvalue weighted by molar-refractivity contribution is 5.97. The fourth-order valence-corrected chi connectivity index (χ4v) is 3.21. The Morgan fingerprint density at radius 1 is 1.42 bits per heavy atom. The molecule has 0 aliphatic carbocycles. The van der Waals surface area contributed by atoms with Crippen LogP contribution in [0, 0.1) is 6.92 Å². The van der Waals surface area contributed by atoms with Crippen LogP contribution in [0.1, 0.15) is 27.9 Å². The van der Waals surface area contributed by atoms with Crippen molar-refractivity contribution in [2.24, 2.45) is 0 Å². The summed E-state index contributed by atoms with van der Waals surface area (Å²) >= 11 is 0. The molecule has 0 unspecified atom stereocenters. The van der Waals surface area contributed by atoms with Crippen molar-refractivity contribution >= 4 is 17.0 Å². The first kappa shape index (κ1) is 14.8. The molecule has 8 heteroatoms. The number of rotatable bonds is 3. The van der Waals surface area contributed by atoms with Crippen LogP contribution in [0.3, 0.4) is 0 Å². The third-order valence-electron chi connectivity index (χ3n) is 4.41. The van der Waals surface area contributed by atoms with Gasteiger partial charge in [-0.05, 0) is 18.2 Å². The van der Waals surface area contributed by atoms with Crippen molar-refractivity contribution in [3.63, 3.8) is 0 Å².